The third kappa shape index (κ3) is 4.73. The maximum absolute atomic E-state index is 12.0. The molecule has 2 N–H and O–H groups in total. The van der Waals surface area contributed by atoms with Gasteiger partial charge in [-0.1, -0.05) is 13.8 Å². The van der Waals surface area contributed by atoms with Gasteiger partial charge in [-0.25, -0.2) is 0 Å². The number of hydrogen-bond donors (Lipinski definition) is 2. The Morgan fingerprint density at radius 2 is 2.11 bits per heavy atom. The second-order valence-electron chi connectivity index (χ2n) is 4.86. The first-order valence-electron chi connectivity index (χ1n) is 6.45. The van der Waals surface area contributed by atoms with Crippen LogP contribution in [0.15, 0.2) is 6.20 Å². The Labute approximate surface area is 112 Å². The smallest absolute Gasteiger partial charge is 0.303 e. The minimum atomic E-state index is -0.805. The molecule has 0 saturated carbocycles. The molecule has 6 nitrogen and oxygen atoms in total. The van der Waals surface area contributed by atoms with Gasteiger partial charge in [-0.3, -0.25) is 14.3 Å². The highest BCUT2D eigenvalue weighted by atomic mass is 16.4. The molecular weight excluding hydrogens is 246 g/mol. The van der Waals surface area contributed by atoms with Crippen molar-refractivity contribution < 1.29 is 14.7 Å². The Bertz CT molecular complexity index is 452. The summed E-state index contributed by atoms with van der Waals surface area (Å²) in [5, 5.41) is 15.6. The zero-order valence-corrected chi connectivity index (χ0v) is 11.6. The third-order valence-corrected chi connectivity index (χ3v) is 2.75. The van der Waals surface area contributed by atoms with Crippen LogP contribution in [-0.4, -0.2) is 33.3 Å². The van der Waals surface area contributed by atoms with E-state index in [1.54, 1.807) is 17.9 Å². The minimum Gasteiger partial charge on any atom is -0.481 e. The van der Waals surface area contributed by atoms with Crippen molar-refractivity contribution in [2.75, 3.05) is 6.54 Å². The number of aromatic nitrogens is 2. The Kier molecular flexibility index (Phi) is 5.54. The summed E-state index contributed by atoms with van der Waals surface area (Å²) in [5.41, 5.74) is 1.38. The molecule has 0 unspecified atom stereocenters. The predicted molar refractivity (Wildman–Crippen MR) is 71.1 cm³/mol. The molecule has 1 rings (SSSR count). The highest BCUT2D eigenvalue weighted by Crippen LogP contribution is 2.16. The molecule has 0 atom stereocenters. The predicted octanol–water partition coefficient (Wildman–Crippen LogP) is 1.53. The molecule has 0 aliphatic heterocycles. The highest BCUT2D eigenvalue weighted by Gasteiger charge is 2.17. The quantitative estimate of drug-likeness (QED) is 0.734. The number of unbranched alkanes of at least 4 members (excludes halogenated alkanes) is 1. The van der Waals surface area contributed by atoms with Crippen molar-refractivity contribution in [2.24, 2.45) is 7.05 Å². The van der Waals surface area contributed by atoms with Gasteiger partial charge in [0.2, 0.25) is 0 Å². The fourth-order valence-corrected chi connectivity index (χ4v) is 1.81. The topological polar surface area (TPSA) is 84.2 Å². The lowest BCUT2D eigenvalue weighted by molar-refractivity contribution is -0.137. The van der Waals surface area contributed by atoms with Gasteiger partial charge in [0.15, 0.2) is 0 Å². The van der Waals surface area contributed by atoms with Crippen LogP contribution < -0.4 is 5.32 Å². The van der Waals surface area contributed by atoms with E-state index >= 15 is 0 Å². The maximum atomic E-state index is 12.0. The number of aryl methyl sites for hydroxylation is 1. The summed E-state index contributed by atoms with van der Waals surface area (Å²) in [4.78, 5) is 22.3. The highest BCUT2D eigenvalue weighted by molar-refractivity contribution is 5.95. The first-order chi connectivity index (χ1) is 8.91. The molecule has 0 aliphatic carbocycles. The van der Waals surface area contributed by atoms with Crippen LogP contribution in [0.2, 0.25) is 0 Å². The summed E-state index contributed by atoms with van der Waals surface area (Å²) >= 11 is 0. The van der Waals surface area contributed by atoms with E-state index in [2.05, 4.69) is 10.4 Å². The van der Waals surface area contributed by atoms with Crippen LogP contribution in [0.25, 0.3) is 0 Å². The van der Waals surface area contributed by atoms with E-state index in [4.69, 9.17) is 5.11 Å². The normalized spacial score (nSPS) is 10.7. The van der Waals surface area contributed by atoms with Gasteiger partial charge in [0, 0.05) is 26.2 Å². The lowest BCUT2D eigenvalue weighted by atomic mass is 10.1. The van der Waals surface area contributed by atoms with E-state index in [-0.39, 0.29) is 18.2 Å². The minimum absolute atomic E-state index is 0.139. The number of carbonyl (C=O) groups is 2. The molecule has 1 aromatic heterocycles. The van der Waals surface area contributed by atoms with Crippen LogP contribution in [0.1, 0.15) is 55.1 Å². The van der Waals surface area contributed by atoms with Crippen LogP contribution >= 0.6 is 0 Å². The van der Waals surface area contributed by atoms with Crippen LogP contribution in [0.5, 0.6) is 0 Å². The van der Waals surface area contributed by atoms with Crippen LogP contribution in [0.3, 0.4) is 0 Å². The summed E-state index contributed by atoms with van der Waals surface area (Å²) in [5.74, 6) is -0.762. The number of carboxylic acids is 1. The summed E-state index contributed by atoms with van der Waals surface area (Å²) in [7, 11) is 1.79. The van der Waals surface area contributed by atoms with E-state index in [0.29, 0.717) is 24.9 Å². The maximum Gasteiger partial charge on any atom is 0.303 e. The Hall–Kier alpha value is -1.85. The number of amides is 1. The van der Waals surface area contributed by atoms with Crippen molar-refractivity contribution in [1.29, 1.82) is 0 Å². The van der Waals surface area contributed by atoms with Gasteiger partial charge >= 0.3 is 5.97 Å². The number of carboxylic acid groups (broad SMARTS) is 1. The van der Waals surface area contributed by atoms with Gasteiger partial charge in [0.1, 0.15) is 0 Å². The van der Waals surface area contributed by atoms with E-state index in [1.807, 2.05) is 13.8 Å². The zero-order chi connectivity index (χ0) is 14.4. The number of nitrogens with zero attached hydrogens (tertiary/aromatic N) is 2. The number of hydrogen-bond acceptors (Lipinski definition) is 3. The van der Waals surface area contributed by atoms with Crippen molar-refractivity contribution in [3.63, 3.8) is 0 Å². The largest absolute Gasteiger partial charge is 0.481 e. The number of carbonyl (C=O) groups excluding carboxylic acids is 1. The summed E-state index contributed by atoms with van der Waals surface area (Å²) in [6, 6.07) is 0. The van der Waals surface area contributed by atoms with E-state index < -0.39 is 5.97 Å². The van der Waals surface area contributed by atoms with E-state index in [9.17, 15) is 9.59 Å². The van der Waals surface area contributed by atoms with Crippen LogP contribution in [0.4, 0.5) is 0 Å². The molecule has 0 aliphatic rings. The van der Waals surface area contributed by atoms with Gasteiger partial charge in [-0.05, 0) is 18.8 Å². The molecule has 0 fully saturated rings. The van der Waals surface area contributed by atoms with Crippen molar-refractivity contribution in [3.8, 4) is 0 Å². The molecular formula is C13H21N3O3. The van der Waals surface area contributed by atoms with E-state index in [0.717, 1.165) is 5.69 Å². The lowest BCUT2D eigenvalue weighted by Crippen LogP contribution is -2.25. The fourth-order valence-electron chi connectivity index (χ4n) is 1.81. The standard InChI is InChI=1S/C13H21N3O3/c1-9(2)12-10(8-16(3)15-12)13(19)14-7-5-4-6-11(17)18/h8-9H,4-7H2,1-3H3,(H,14,19)(H,17,18). The number of nitrogens with one attached hydrogen (secondary N) is 1. The van der Waals surface area contributed by atoms with Gasteiger partial charge in [0.05, 0.1) is 11.3 Å². The molecule has 0 bridgehead atoms. The summed E-state index contributed by atoms with van der Waals surface area (Å²) in [6.07, 6.45) is 3.08. The summed E-state index contributed by atoms with van der Waals surface area (Å²) < 4.78 is 1.63. The third-order valence-electron chi connectivity index (χ3n) is 2.75. The number of rotatable bonds is 7. The summed E-state index contributed by atoms with van der Waals surface area (Å²) in [6.45, 7) is 4.47. The molecule has 1 aromatic rings. The zero-order valence-electron chi connectivity index (χ0n) is 11.6. The molecule has 0 radical (unpaired) electrons. The molecule has 1 heterocycles. The van der Waals surface area contributed by atoms with Gasteiger partial charge in [-0.2, -0.15) is 5.10 Å². The second-order valence-corrected chi connectivity index (χ2v) is 4.86. The molecule has 6 heteroatoms. The molecule has 106 valence electrons. The van der Waals surface area contributed by atoms with Crippen LogP contribution in [-0.2, 0) is 11.8 Å². The average Bonchev–Trinajstić information content (AvgIpc) is 2.70. The van der Waals surface area contributed by atoms with Crippen molar-refractivity contribution >= 4 is 11.9 Å². The monoisotopic (exact) mass is 267 g/mol. The fraction of sp³-hybridized carbons (Fsp3) is 0.615. The van der Waals surface area contributed by atoms with Gasteiger partial charge in [-0.15, -0.1) is 0 Å². The van der Waals surface area contributed by atoms with Crippen molar-refractivity contribution in [2.45, 2.75) is 39.0 Å². The average molecular weight is 267 g/mol. The van der Waals surface area contributed by atoms with Gasteiger partial charge < -0.3 is 10.4 Å². The Morgan fingerprint density at radius 3 is 2.68 bits per heavy atom. The first-order valence-corrected chi connectivity index (χ1v) is 6.45. The molecule has 19 heavy (non-hydrogen) atoms. The van der Waals surface area contributed by atoms with Crippen molar-refractivity contribution in [1.82, 2.24) is 15.1 Å². The SMILES string of the molecule is CC(C)c1nn(C)cc1C(=O)NCCCCC(=O)O. The van der Waals surface area contributed by atoms with Crippen LogP contribution in [0, 0.1) is 0 Å². The molecule has 0 aromatic carbocycles. The molecule has 0 spiro atoms. The van der Waals surface area contributed by atoms with Crippen molar-refractivity contribution in [3.05, 3.63) is 17.5 Å². The van der Waals surface area contributed by atoms with Gasteiger partial charge in [0.25, 0.3) is 5.91 Å². The number of aliphatic carboxylic acids is 1. The Morgan fingerprint density at radius 1 is 1.42 bits per heavy atom. The molecule has 0 saturated heterocycles. The first kappa shape index (κ1) is 15.2. The second kappa shape index (κ2) is 6.92. The Balaban J connectivity index is 2.47. The lowest BCUT2D eigenvalue weighted by Gasteiger charge is -2.06. The van der Waals surface area contributed by atoms with E-state index in [1.165, 1.54) is 0 Å². The molecule has 1 amide bonds.